The lowest BCUT2D eigenvalue weighted by Gasteiger charge is -2.11. The number of aromatic nitrogens is 5. The molecule has 130 valence electrons. The second-order valence-corrected chi connectivity index (χ2v) is 9.33. The molecule has 1 atom stereocenters. The average molecular weight is 377 g/mol. The molecule has 10 heteroatoms. The van der Waals surface area contributed by atoms with Crippen LogP contribution in [0.1, 0.15) is 18.3 Å². The van der Waals surface area contributed by atoms with E-state index in [2.05, 4.69) is 20.3 Å². The Balaban J connectivity index is 1.85. The summed E-state index contributed by atoms with van der Waals surface area (Å²) in [5.41, 5.74) is 2.60. The highest BCUT2D eigenvalue weighted by atomic mass is 32.2. The first kappa shape index (κ1) is 16.2. The van der Waals surface area contributed by atoms with Crippen LogP contribution >= 0.6 is 0 Å². The molecule has 1 aliphatic rings. The average Bonchev–Trinajstić information content (AvgIpc) is 3.19. The van der Waals surface area contributed by atoms with Gasteiger partial charge in [0.1, 0.15) is 10.6 Å². The Morgan fingerprint density at radius 1 is 1.40 bits per heavy atom. The van der Waals surface area contributed by atoms with Gasteiger partial charge in [-0.2, -0.15) is 10.2 Å². The molecule has 1 unspecified atom stereocenters. The molecule has 3 aromatic rings. The highest BCUT2D eigenvalue weighted by molar-refractivity contribution is 7.91. The van der Waals surface area contributed by atoms with Crippen molar-refractivity contribution in [3.63, 3.8) is 0 Å². The minimum absolute atomic E-state index is 0.143. The van der Waals surface area contributed by atoms with Crippen LogP contribution in [0.25, 0.3) is 16.9 Å². The summed E-state index contributed by atoms with van der Waals surface area (Å²) >= 11 is 0. The van der Waals surface area contributed by atoms with Gasteiger partial charge < -0.3 is 0 Å². The van der Waals surface area contributed by atoms with Crippen LogP contribution in [0, 0.1) is 0 Å². The maximum absolute atomic E-state index is 12.7. The van der Waals surface area contributed by atoms with Crippen LogP contribution in [0.3, 0.4) is 0 Å². The SMILES string of the molecule is CCS(=O)Cc1[nH]nc2c1S(=O)(=O)Cc1nn(-c3cccnc3)cc1-2. The molecule has 0 bridgehead atoms. The third-order valence-corrected chi connectivity index (χ3v) is 6.98. The molecule has 0 radical (unpaired) electrons. The largest absolute Gasteiger partial charge is 0.280 e. The first-order valence-corrected chi connectivity index (χ1v) is 10.8. The second-order valence-electron chi connectivity index (χ2n) is 5.66. The van der Waals surface area contributed by atoms with Gasteiger partial charge in [0.15, 0.2) is 9.84 Å². The number of hydrogen-bond donors (Lipinski definition) is 1. The maximum Gasteiger partial charge on any atom is 0.188 e. The van der Waals surface area contributed by atoms with E-state index in [-0.39, 0.29) is 16.4 Å². The molecule has 0 fully saturated rings. The van der Waals surface area contributed by atoms with Gasteiger partial charge in [0, 0.05) is 34.5 Å². The van der Waals surface area contributed by atoms with Crippen molar-refractivity contribution in [2.45, 2.75) is 23.3 Å². The fraction of sp³-hybridized carbons (Fsp3) is 0.267. The molecule has 0 aromatic carbocycles. The van der Waals surface area contributed by atoms with Crippen molar-refractivity contribution in [2.75, 3.05) is 5.75 Å². The Kier molecular flexibility index (Phi) is 3.80. The molecular formula is C15H15N5O3S2. The van der Waals surface area contributed by atoms with Gasteiger partial charge in [-0.1, -0.05) is 6.92 Å². The van der Waals surface area contributed by atoms with Crippen LogP contribution in [0.15, 0.2) is 35.6 Å². The van der Waals surface area contributed by atoms with Crippen molar-refractivity contribution in [3.8, 4) is 16.9 Å². The van der Waals surface area contributed by atoms with Crippen LogP contribution in [0.2, 0.25) is 0 Å². The predicted molar refractivity (Wildman–Crippen MR) is 92.2 cm³/mol. The van der Waals surface area contributed by atoms with Crippen LogP contribution in [-0.4, -0.2) is 43.3 Å². The summed E-state index contributed by atoms with van der Waals surface area (Å²) in [6.07, 6.45) is 5.05. The Bertz CT molecular complexity index is 1070. The number of pyridine rings is 1. The molecule has 0 saturated carbocycles. The lowest BCUT2D eigenvalue weighted by molar-refractivity contribution is 0.593. The molecule has 0 amide bonds. The minimum Gasteiger partial charge on any atom is -0.280 e. The number of sulfone groups is 1. The Morgan fingerprint density at radius 3 is 2.96 bits per heavy atom. The van der Waals surface area contributed by atoms with Gasteiger partial charge in [-0.3, -0.25) is 14.3 Å². The van der Waals surface area contributed by atoms with E-state index in [1.165, 1.54) is 0 Å². The van der Waals surface area contributed by atoms with E-state index < -0.39 is 20.6 Å². The Labute approximate surface area is 146 Å². The third-order valence-electron chi connectivity index (χ3n) is 4.01. The van der Waals surface area contributed by atoms with Crippen molar-refractivity contribution in [2.24, 2.45) is 0 Å². The smallest absolute Gasteiger partial charge is 0.188 e. The van der Waals surface area contributed by atoms with E-state index in [1.54, 1.807) is 36.3 Å². The monoisotopic (exact) mass is 377 g/mol. The fourth-order valence-electron chi connectivity index (χ4n) is 2.83. The lowest BCUT2D eigenvalue weighted by Crippen LogP contribution is -2.14. The van der Waals surface area contributed by atoms with Gasteiger partial charge in [-0.05, 0) is 12.1 Å². The number of nitrogens with zero attached hydrogens (tertiary/aromatic N) is 4. The van der Waals surface area contributed by atoms with Crippen molar-refractivity contribution < 1.29 is 12.6 Å². The first-order valence-electron chi connectivity index (χ1n) is 7.64. The first-order chi connectivity index (χ1) is 12.0. The van der Waals surface area contributed by atoms with Crippen LogP contribution in [-0.2, 0) is 32.1 Å². The Morgan fingerprint density at radius 2 is 2.24 bits per heavy atom. The molecular weight excluding hydrogens is 362 g/mol. The maximum atomic E-state index is 12.7. The number of H-pyrrole nitrogens is 1. The Hall–Kier alpha value is -2.33. The second kappa shape index (κ2) is 5.88. The third kappa shape index (κ3) is 2.71. The van der Waals surface area contributed by atoms with E-state index in [4.69, 9.17) is 0 Å². The van der Waals surface area contributed by atoms with E-state index in [9.17, 15) is 12.6 Å². The summed E-state index contributed by atoms with van der Waals surface area (Å²) in [5.74, 6) is 0.399. The summed E-state index contributed by atoms with van der Waals surface area (Å²) in [7, 11) is -4.72. The van der Waals surface area contributed by atoms with E-state index in [1.807, 2.05) is 6.07 Å². The molecule has 0 spiro atoms. The quantitative estimate of drug-likeness (QED) is 0.732. The molecule has 4 rings (SSSR count). The van der Waals surface area contributed by atoms with E-state index in [0.29, 0.717) is 28.4 Å². The van der Waals surface area contributed by atoms with E-state index >= 15 is 0 Å². The summed E-state index contributed by atoms with van der Waals surface area (Å²) in [4.78, 5) is 4.20. The number of nitrogens with one attached hydrogen (secondary N) is 1. The number of fused-ring (bicyclic) bond motifs is 3. The molecule has 0 aliphatic carbocycles. The molecule has 1 N–H and O–H groups in total. The summed E-state index contributed by atoms with van der Waals surface area (Å²) in [6.45, 7) is 1.80. The zero-order valence-electron chi connectivity index (χ0n) is 13.3. The standard InChI is InChI=1S/C15H15N5O3S2/c1-2-24(21)8-12-15-14(18-17-12)11-7-20(10-4-3-5-16-6-10)19-13(11)9-25(15,22)23/h3-7H,2,8-9H2,1H3,(H,17,18). The molecule has 4 heterocycles. The molecule has 1 aliphatic heterocycles. The van der Waals surface area contributed by atoms with Crippen LogP contribution in [0.4, 0.5) is 0 Å². The predicted octanol–water partition coefficient (Wildman–Crippen LogP) is 1.21. The van der Waals surface area contributed by atoms with Crippen LogP contribution in [0.5, 0.6) is 0 Å². The lowest BCUT2D eigenvalue weighted by atomic mass is 10.2. The molecule has 3 aromatic heterocycles. The van der Waals surface area contributed by atoms with Gasteiger partial charge in [0.25, 0.3) is 0 Å². The van der Waals surface area contributed by atoms with Crippen molar-refractivity contribution >= 4 is 20.6 Å². The summed E-state index contributed by atoms with van der Waals surface area (Å²) in [5, 5.41) is 11.3. The molecule has 0 saturated heterocycles. The van der Waals surface area contributed by atoms with Gasteiger partial charge in [-0.15, -0.1) is 0 Å². The molecule has 25 heavy (non-hydrogen) atoms. The molecule has 8 nitrogen and oxygen atoms in total. The number of aromatic amines is 1. The van der Waals surface area contributed by atoms with Crippen LogP contribution < -0.4 is 0 Å². The zero-order valence-corrected chi connectivity index (χ0v) is 15.0. The normalized spacial score (nSPS) is 16.2. The minimum atomic E-state index is -3.59. The van der Waals surface area contributed by atoms with E-state index in [0.717, 1.165) is 5.69 Å². The van der Waals surface area contributed by atoms with Crippen molar-refractivity contribution in [1.29, 1.82) is 0 Å². The zero-order chi connectivity index (χ0) is 17.6. The van der Waals surface area contributed by atoms with Gasteiger partial charge >= 0.3 is 0 Å². The summed E-state index contributed by atoms with van der Waals surface area (Å²) < 4.78 is 38.9. The topological polar surface area (TPSA) is 111 Å². The number of hydrogen-bond acceptors (Lipinski definition) is 6. The van der Waals surface area contributed by atoms with Crippen molar-refractivity contribution in [3.05, 3.63) is 42.1 Å². The van der Waals surface area contributed by atoms with Gasteiger partial charge in [0.2, 0.25) is 0 Å². The van der Waals surface area contributed by atoms with Gasteiger partial charge in [0.05, 0.1) is 34.8 Å². The van der Waals surface area contributed by atoms with Gasteiger partial charge in [-0.25, -0.2) is 13.1 Å². The highest BCUT2D eigenvalue weighted by Gasteiger charge is 2.36. The number of rotatable bonds is 4. The van der Waals surface area contributed by atoms with Crippen molar-refractivity contribution in [1.82, 2.24) is 25.0 Å². The highest BCUT2D eigenvalue weighted by Crippen LogP contribution is 2.38. The fourth-order valence-corrected chi connectivity index (χ4v) is 5.32. The summed E-state index contributed by atoms with van der Waals surface area (Å²) in [6, 6.07) is 3.62.